The lowest BCUT2D eigenvalue weighted by molar-refractivity contribution is 0.168. The molecule has 1 amide bonds. The Balaban J connectivity index is 2.78. The second kappa shape index (κ2) is 6.78. The largest absolute Gasteiger partial charge is 0.494 e. The van der Waals surface area contributed by atoms with E-state index in [-0.39, 0.29) is 0 Å². The van der Waals surface area contributed by atoms with Gasteiger partial charge in [0.15, 0.2) is 0 Å². The number of anilines is 1. The van der Waals surface area contributed by atoms with E-state index in [1.165, 1.54) is 0 Å². The molecule has 94 valence electrons. The number of aryl methyl sites for hydroxylation is 1. The highest BCUT2D eigenvalue weighted by Crippen LogP contribution is 2.23. The molecule has 0 saturated heterocycles. The zero-order chi connectivity index (χ0) is 12.7. The molecule has 0 aliphatic heterocycles. The molecular weight excluding hydrogens is 218 g/mol. The molecule has 0 heterocycles. The third-order valence-corrected chi connectivity index (χ3v) is 2.26. The molecule has 0 fully saturated rings. The number of ether oxygens (including phenoxy) is 2. The topological polar surface area (TPSA) is 47.6 Å². The lowest BCUT2D eigenvalue weighted by atomic mass is 10.1. The quantitative estimate of drug-likeness (QED) is 0.855. The number of hydrogen-bond acceptors (Lipinski definition) is 3. The fourth-order valence-corrected chi connectivity index (χ4v) is 1.51. The molecule has 0 unspecified atom stereocenters. The van der Waals surface area contributed by atoms with Crippen LogP contribution in [0.2, 0.25) is 0 Å². The Morgan fingerprint density at radius 2 is 2.00 bits per heavy atom. The second-order valence-corrected chi connectivity index (χ2v) is 3.45. The molecule has 0 spiro atoms. The Labute approximate surface area is 102 Å². The van der Waals surface area contributed by atoms with E-state index < -0.39 is 6.09 Å². The maximum absolute atomic E-state index is 11.3. The van der Waals surface area contributed by atoms with E-state index in [9.17, 15) is 4.79 Å². The van der Waals surface area contributed by atoms with Crippen LogP contribution < -0.4 is 10.1 Å². The Morgan fingerprint density at radius 1 is 1.24 bits per heavy atom. The highest BCUT2D eigenvalue weighted by molar-refractivity contribution is 5.84. The molecule has 0 saturated carbocycles. The first-order valence-corrected chi connectivity index (χ1v) is 5.90. The third kappa shape index (κ3) is 3.98. The van der Waals surface area contributed by atoms with Gasteiger partial charge in [-0.05, 0) is 44.0 Å². The summed E-state index contributed by atoms with van der Waals surface area (Å²) >= 11 is 0. The van der Waals surface area contributed by atoms with Gasteiger partial charge in [-0.15, -0.1) is 0 Å². The van der Waals surface area contributed by atoms with Crippen molar-refractivity contribution < 1.29 is 14.3 Å². The third-order valence-electron chi connectivity index (χ3n) is 2.26. The lowest BCUT2D eigenvalue weighted by Gasteiger charge is -2.11. The first-order valence-electron chi connectivity index (χ1n) is 5.90. The zero-order valence-corrected chi connectivity index (χ0v) is 10.6. The van der Waals surface area contributed by atoms with Crippen molar-refractivity contribution in [1.29, 1.82) is 0 Å². The molecule has 0 radical (unpaired) electrons. The predicted octanol–water partition coefficient (Wildman–Crippen LogP) is 3.22. The maximum Gasteiger partial charge on any atom is 0.411 e. The van der Waals surface area contributed by atoms with Crippen molar-refractivity contribution in [2.24, 2.45) is 0 Å². The number of amides is 1. The molecule has 0 atom stereocenters. The molecule has 1 aromatic carbocycles. The summed E-state index contributed by atoms with van der Waals surface area (Å²) in [6.07, 6.45) is 0.423. The summed E-state index contributed by atoms with van der Waals surface area (Å²) < 4.78 is 10.3. The van der Waals surface area contributed by atoms with Crippen molar-refractivity contribution >= 4 is 11.8 Å². The summed E-state index contributed by atoms with van der Waals surface area (Å²) in [6.45, 7) is 6.77. The minimum atomic E-state index is -0.432. The van der Waals surface area contributed by atoms with E-state index in [0.717, 1.165) is 23.4 Å². The summed E-state index contributed by atoms with van der Waals surface area (Å²) in [5.74, 6) is 0.865. The van der Waals surface area contributed by atoms with Crippen LogP contribution in [0, 0.1) is 0 Å². The van der Waals surface area contributed by atoms with E-state index in [0.29, 0.717) is 13.2 Å². The predicted molar refractivity (Wildman–Crippen MR) is 67.6 cm³/mol. The summed E-state index contributed by atoms with van der Waals surface area (Å²) in [4.78, 5) is 11.3. The van der Waals surface area contributed by atoms with Crippen molar-refractivity contribution in [1.82, 2.24) is 0 Å². The summed E-state index contributed by atoms with van der Waals surface area (Å²) in [7, 11) is 0. The number of carbonyl (C=O) groups excluding carboxylic acids is 1. The number of hydrogen-bond donors (Lipinski definition) is 1. The van der Waals surface area contributed by atoms with E-state index in [1.54, 1.807) is 13.0 Å². The molecule has 0 aliphatic rings. The Bertz CT molecular complexity index is 377. The van der Waals surface area contributed by atoms with Crippen LogP contribution in [0.4, 0.5) is 10.5 Å². The number of carbonyl (C=O) groups is 1. The average molecular weight is 237 g/mol. The van der Waals surface area contributed by atoms with Gasteiger partial charge in [0.25, 0.3) is 0 Å². The Kier molecular flexibility index (Phi) is 5.33. The minimum Gasteiger partial charge on any atom is -0.494 e. The van der Waals surface area contributed by atoms with Gasteiger partial charge < -0.3 is 9.47 Å². The van der Waals surface area contributed by atoms with Crippen LogP contribution >= 0.6 is 0 Å². The summed E-state index contributed by atoms with van der Waals surface area (Å²) in [5, 5.41) is 2.67. The SMILES string of the molecule is CCOC(=O)Nc1ccc(OCC)c(CC)c1. The van der Waals surface area contributed by atoms with Crippen LogP contribution in [-0.2, 0) is 11.2 Å². The van der Waals surface area contributed by atoms with E-state index in [4.69, 9.17) is 9.47 Å². The van der Waals surface area contributed by atoms with Crippen LogP contribution in [0.3, 0.4) is 0 Å². The minimum absolute atomic E-state index is 0.365. The summed E-state index contributed by atoms with van der Waals surface area (Å²) in [6, 6.07) is 5.58. The first-order chi connectivity index (χ1) is 8.21. The Morgan fingerprint density at radius 3 is 2.59 bits per heavy atom. The highest BCUT2D eigenvalue weighted by atomic mass is 16.5. The van der Waals surface area contributed by atoms with Crippen LogP contribution in [0.5, 0.6) is 5.75 Å². The normalized spacial score (nSPS) is 9.82. The van der Waals surface area contributed by atoms with E-state index in [2.05, 4.69) is 5.32 Å². The maximum atomic E-state index is 11.3. The van der Waals surface area contributed by atoms with Gasteiger partial charge in [-0.3, -0.25) is 5.32 Å². The van der Waals surface area contributed by atoms with E-state index >= 15 is 0 Å². The van der Waals surface area contributed by atoms with Gasteiger partial charge in [0.1, 0.15) is 5.75 Å². The molecule has 0 bridgehead atoms. The monoisotopic (exact) mass is 237 g/mol. The zero-order valence-electron chi connectivity index (χ0n) is 10.6. The van der Waals surface area contributed by atoms with Crippen LogP contribution in [-0.4, -0.2) is 19.3 Å². The van der Waals surface area contributed by atoms with Crippen LogP contribution in [0.1, 0.15) is 26.3 Å². The van der Waals surface area contributed by atoms with Gasteiger partial charge in [-0.2, -0.15) is 0 Å². The number of rotatable bonds is 5. The smallest absolute Gasteiger partial charge is 0.411 e. The molecule has 1 N–H and O–H groups in total. The van der Waals surface area contributed by atoms with E-state index in [1.807, 2.05) is 26.0 Å². The molecule has 1 aromatic rings. The fourth-order valence-electron chi connectivity index (χ4n) is 1.51. The van der Waals surface area contributed by atoms with Crippen LogP contribution in [0.25, 0.3) is 0 Å². The lowest BCUT2D eigenvalue weighted by Crippen LogP contribution is -2.13. The molecular formula is C13H19NO3. The average Bonchev–Trinajstić information content (AvgIpc) is 2.31. The molecule has 1 rings (SSSR count). The van der Waals surface area contributed by atoms with Crippen molar-refractivity contribution in [3.63, 3.8) is 0 Å². The van der Waals surface area contributed by atoms with Gasteiger partial charge in [0.2, 0.25) is 0 Å². The molecule has 4 nitrogen and oxygen atoms in total. The molecule has 4 heteroatoms. The van der Waals surface area contributed by atoms with Crippen molar-refractivity contribution in [3.05, 3.63) is 23.8 Å². The van der Waals surface area contributed by atoms with Crippen molar-refractivity contribution in [3.8, 4) is 5.75 Å². The van der Waals surface area contributed by atoms with Gasteiger partial charge in [-0.1, -0.05) is 6.92 Å². The van der Waals surface area contributed by atoms with Gasteiger partial charge >= 0.3 is 6.09 Å². The van der Waals surface area contributed by atoms with Gasteiger partial charge in [-0.25, -0.2) is 4.79 Å². The number of nitrogens with one attached hydrogen (secondary N) is 1. The second-order valence-electron chi connectivity index (χ2n) is 3.45. The van der Waals surface area contributed by atoms with Crippen LogP contribution in [0.15, 0.2) is 18.2 Å². The molecule has 0 aromatic heterocycles. The van der Waals surface area contributed by atoms with Crippen molar-refractivity contribution in [2.75, 3.05) is 18.5 Å². The fraction of sp³-hybridized carbons (Fsp3) is 0.462. The van der Waals surface area contributed by atoms with Gasteiger partial charge in [0.05, 0.1) is 13.2 Å². The summed E-state index contributed by atoms with van der Waals surface area (Å²) in [5.41, 5.74) is 1.80. The highest BCUT2D eigenvalue weighted by Gasteiger charge is 2.06. The molecule has 17 heavy (non-hydrogen) atoms. The number of benzene rings is 1. The van der Waals surface area contributed by atoms with Gasteiger partial charge in [0, 0.05) is 5.69 Å². The Hall–Kier alpha value is -1.71. The first kappa shape index (κ1) is 13.4. The standard InChI is InChI=1S/C13H19NO3/c1-4-10-9-11(14-13(15)17-6-3)7-8-12(10)16-5-2/h7-9H,4-6H2,1-3H3,(H,14,15). The molecule has 0 aliphatic carbocycles. The van der Waals surface area contributed by atoms with Crippen molar-refractivity contribution in [2.45, 2.75) is 27.2 Å².